The molecule has 1 aliphatic rings. The van der Waals surface area contributed by atoms with Crippen molar-refractivity contribution in [3.63, 3.8) is 0 Å². The molecule has 0 fully saturated rings. The smallest absolute Gasteiger partial charge is 0.262 e. The molecule has 0 saturated heterocycles. The summed E-state index contributed by atoms with van der Waals surface area (Å²) in [6.07, 6.45) is 0.553. The van der Waals surface area contributed by atoms with Gasteiger partial charge in [-0.15, -0.1) is 0 Å². The largest absolute Gasteiger partial charge is 0.289 e. The molecule has 110 valence electrons. The summed E-state index contributed by atoms with van der Waals surface area (Å²) in [6, 6.07) is 5.87. The Balaban J connectivity index is 2.47. The number of nitrogens with one attached hydrogen (secondary N) is 1. The molecule has 0 spiro atoms. The lowest BCUT2D eigenvalue weighted by Crippen LogP contribution is -2.53. The zero-order valence-electron chi connectivity index (χ0n) is 11.4. The number of hydrogen-bond donors (Lipinski definition) is 2. The lowest BCUT2D eigenvalue weighted by atomic mass is 10.0. The van der Waals surface area contributed by atoms with Crippen LogP contribution in [0.25, 0.3) is 0 Å². The van der Waals surface area contributed by atoms with Crippen LogP contribution in [0.5, 0.6) is 0 Å². The maximum Gasteiger partial charge on any atom is 0.262 e. The van der Waals surface area contributed by atoms with Crippen LogP contribution < -0.4 is 5.48 Å². The van der Waals surface area contributed by atoms with Crippen molar-refractivity contribution >= 4 is 15.9 Å². The molecule has 2 rings (SSSR count). The average Bonchev–Trinajstić information content (AvgIpc) is 2.41. The molecule has 0 saturated carbocycles. The van der Waals surface area contributed by atoms with Crippen molar-refractivity contribution in [3.05, 3.63) is 29.8 Å². The molecule has 1 atom stereocenters. The molecule has 6 nitrogen and oxygen atoms in total. The Morgan fingerprint density at radius 1 is 1.35 bits per heavy atom. The quantitative estimate of drug-likeness (QED) is 0.637. The zero-order chi connectivity index (χ0) is 14.9. The highest BCUT2D eigenvalue weighted by atomic mass is 32.2. The lowest BCUT2D eigenvalue weighted by Gasteiger charge is -2.35. The van der Waals surface area contributed by atoms with E-state index in [0.717, 1.165) is 5.56 Å². The van der Waals surface area contributed by atoms with Crippen molar-refractivity contribution < 1.29 is 18.4 Å². The van der Waals surface area contributed by atoms with Crippen LogP contribution in [-0.2, 0) is 21.2 Å². The van der Waals surface area contributed by atoms with Gasteiger partial charge in [-0.25, -0.2) is 13.9 Å². The highest BCUT2D eigenvalue weighted by Gasteiger charge is 2.40. The van der Waals surface area contributed by atoms with Crippen LogP contribution in [-0.4, -0.2) is 36.4 Å². The topological polar surface area (TPSA) is 86.7 Å². The van der Waals surface area contributed by atoms with Gasteiger partial charge < -0.3 is 0 Å². The van der Waals surface area contributed by atoms with Gasteiger partial charge in [0.15, 0.2) is 0 Å². The molecule has 1 heterocycles. The number of fused-ring (bicyclic) bond motifs is 1. The van der Waals surface area contributed by atoms with Crippen LogP contribution in [0.1, 0.15) is 19.4 Å². The first-order valence-electron chi connectivity index (χ1n) is 6.43. The van der Waals surface area contributed by atoms with Crippen molar-refractivity contribution in [2.75, 3.05) is 6.54 Å². The summed E-state index contributed by atoms with van der Waals surface area (Å²) in [7, 11) is -3.72. The number of nitrogens with zero attached hydrogens (tertiary/aromatic N) is 1. The molecule has 1 aliphatic heterocycles. The Labute approximate surface area is 118 Å². The molecule has 0 aliphatic carbocycles. The van der Waals surface area contributed by atoms with Gasteiger partial charge in [0.1, 0.15) is 6.04 Å². The third kappa shape index (κ3) is 2.44. The number of rotatable bonds is 3. The average molecular weight is 298 g/mol. The minimum absolute atomic E-state index is 0.232. The van der Waals surface area contributed by atoms with Gasteiger partial charge in [-0.2, -0.15) is 4.31 Å². The highest BCUT2D eigenvalue weighted by Crippen LogP contribution is 2.29. The van der Waals surface area contributed by atoms with Crippen molar-refractivity contribution in [1.82, 2.24) is 9.79 Å². The van der Waals surface area contributed by atoms with E-state index in [0.29, 0.717) is 6.42 Å². The Bertz CT molecular complexity index is 613. The summed E-state index contributed by atoms with van der Waals surface area (Å²) >= 11 is 0. The summed E-state index contributed by atoms with van der Waals surface area (Å²) in [6.45, 7) is 3.72. The number of carbonyl (C=O) groups excluding carboxylic acids is 1. The first kappa shape index (κ1) is 15.0. The Hall–Kier alpha value is -1.44. The fourth-order valence-electron chi connectivity index (χ4n) is 2.56. The number of hydrogen-bond acceptors (Lipinski definition) is 4. The van der Waals surface area contributed by atoms with Crippen molar-refractivity contribution in [1.29, 1.82) is 0 Å². The third-order valence-corrected chi connectivity index (χ3v) is 5.46. The van der Waals surface area contributed by atoms with Gasteiger partial charge in [0, 0.05) is 6.54 Å². The van der Waals surface area contributed by atoms with E-state index < -0.39 is 22.0 Å². The van der Waals surface area contributed by atoms with E-state index in [9.17, 15) is 13.2 Å². The number of amides is 1. The van der Waals surface area contributed by atoms with Crippen molar-refractivity contribution in [2.24, 2.45) is 5.92 Å². The maximum absolute atomic E-state index is 12.6. The summed E-state index contributed by atoms with van der Waals surface area (Å²) in [5, 5.41) is 8.83. The fourth-order valence-corrected chi connectivity index (χ4v) is 4.53. The molecule has 0 bridgehead atoms. The number of benzene rings is 1. The second-order valence-electron chi connectivity index (χ2n) is 5.14. The Morgan fingerprint density at radius 2 is 2.00 bits per heavy atom. The first-order chi connectivity index (χ1) is 9.39. The van der Waals surface area contributed by atoms with Crippen LogP contribution in [0.4, 0.5) is 0 Å². The summed E-state index contributed by atoms with van der Waals surface area (Å²) in [4.78, 5) is 12.0. The van der Waals surface area contributed by atoms with Crippen LogP contribution >= 0.6 is 0 Å². The molecule has 1 aromatic carbocycles. The molecular weight excluding hydrogens is 280 g/mol. The van der Waals surface area contributed by atoms with E-state index in [2.05, 4.69) is 0 Å². The number of hydroxylamine groups is 1. The monoisotopic (exact) mass is 298 g/mol. The maximum atomic E-state index is 12.6. The molecule has 7 heteroatoms. The van der Waals surface area contributed by atoms with E-state index in [1.54, 1.807) is 43.6 Å². The van der Waals surface area contributed by atoms with Gasteiger partial charge in [0.25, 0.3) is 5.91 Å². The van der Waals surface area contributed by atoms with Gasteiger partial charge in [-0.3, -0.25) is 10.0 Å². The SMILES string of the molecule is CC(C)C(C(=O)NO)N1CCc2ccccc2S1(=O)=O. The predicted octanol–water partition coefficient (Wildman–Crippen LogP) is 0.763. The minimum atomic E-state index is -3.72. The minimum Gasteiger partial charge on any atom is -0.289 e. The number of carbonyl (C=O) groups is 1. The molecule has 0 radical (unpaired) electrons. The van der Waals surface area contributed by atoms with Gasteiger partial charge in [-0.1, -0.05) is 32.0 Å². The second kappa shape index (κ2) is 5.51. The Morgan fingerprint density at radius 3 is 2.60 bits per heavy atom. The summed E-state index contributed by atoms with van der Waals surface area (Å²) < 4.78 is 26.4. The van der Waals surface area contributed by atoms with Gasteiger partial charge in [0.05, 0.1) is 4.90 Å². The summed E-state index contributed by atoms with van der Waals surface area (Å²) in [5.74, 6) is -0.954. The van der Waals surface area contributed by atoms with Crippen LogP contribution in [0.2, 0.25) is 0 Å². The standard InChI is InChI=1S/C13H18N2O4S/c1-9(2)12(13(16)14-17)15-8-7-10-5-3-4-6-11(10)20(15,18)19/h3-6,9,12,17H,7-8H2,1-2H3,(H,14,16). The lowest BCUT2D eigenvalue weighted by molar-refractivity contribution is -0.134. The summed E-state index contributed by atoms with van der Waals surface area (Å²) in [5.41, 5.74) is 2.32. The van der Waals surface area contributed by atoms with Gasteiger partial charge in [0.2, 0.25) is 10.0 Å². The molecule has 1 amide bonds. The van der Waals surface area contributed by atoms with Crippen LogP contribution in [0.15, 0.2) is 29.2 Å². The van der Waals surface area contributed by atoms with Crippen LogP contribution in [0.3, 0.4) is 0 Å². The van der Waals surface area contributed by atoms with E-state index in [1.807, 2.05) is 0 Å². The van der Waals surface area contributed by atoms with E-state index >= 15 is 0 Å². The molecule has 2 N–H and O–H groups in total. The van der Waals surface area contributed by atoms with Crippen molar-refractivity contribution in [3.8, 4) is 0 Å². The van der Waals surface area contributed by atoms with Gasteiger partial charge in [-0.05, 0) is 24.0 Å². The second-order valence-corrected chi connectivity index (χ2v) is 7.00. The first-order valence-corrected chi connectivity index (χ1v) is 7.87. The van der Waals surface area contributed by atoms with E-state index in [4.69, 9.17) is 5.21 Å². The highest BCUT2D eigenvalue weighted by molar-refractivity contribution is 7.89. The van der Waals surface area contributed by atoms with Gasteiger partial charge >= 0.3 is 0 Å². The third-order valence-electron chi connectivity index (χ3n) is 3.48. The molecule has 1 unspecified atom stereocenters. The zero-order valence-corrected chi connectivity index (χ0v) is 12.2. The molecular formula is C13H18N2O4S. The normalized spacial score (nSPS) is 19.4. The number of sulfonamides is 1. The fraction of sp³-hybridized carbons (Fsp3) is 0.462. The van der Waals surface area contributed by atoms with Crippen molar-refractivity contribution in [2.45, 2.75) is 31.2 Å². The Kier molecular flexibility index (Phi) is 4.12. The van der Waals surface area contributed by atoms with Crippen LogP contribution in [0, 0.1) is 5.92 Å². The molecule has 20 heavy (non-hydrogen) atoms. The molecule has 1 aromatic rings. The molecule has 0 aromatic heterocycles. The predicted molar refractivity (Wildman–Crippen MR) is 72.6 cm³/mol. The van der Waals surface area contributed by atoms with E-state index in [1.165, 1.54) is 4.31 Å². The van der Waals surface area contributed by atoms with E-state index in [-0.39, 0.29) is 17.4 Å².